The van der Waals surface area contributed by atoms with E-state index in [1.807, 2.05) is 6.92 Å². The van der Waals surface area contributed by atoms with Crippen LogP contribution in [0.1, 0.15) is 47.0 Å². The predicted octanol–water partition coefficient (Wildman–Crippen LogP) is 2.57. The summed E-state index contributed by atoms with van der Waals surface area (Å²) in [7, 11) is 0. The summed E-state index contributed by atoms with van der Waals surface area (Å²) in [5, 5.41) is 11.7. The number of hydrogen-bond acceptors (Lipinski definition) is 2. The fourth-order valence-corrected chi connectivity index (χ4v) is 2.21. The SMILES string of the molecule is C#CCN(CC)C(=O)NCCC(CCC(=O)O)C(C)(C)C. The maximum Gasteiger partial charge on any atom is 0.318 e. The largest absolute Gasteiger partial charge is 0.481 e. The molecule has 5 heteroatoms. The number of terminal acetylenes is 1. The molecule has 0 aromatic carbocycles. The van der Waals surface area contributed by atoms with Gasteiger partial charge in [-0.1, -0.05) is 26.7 Å². The number of carbonyl (C=O) groups excluding carboxylic acids is 1. The zero-order valence-corrected chi connectivity index (χ0v) is 13.6. The molecule has 0 spiro atoms. The number of carbonyl (C=O) groups is 2. The standard InChI is InChI=1S/C16H28N2O3/c1-6-12-18(7-2)15(21)17-11-10-13(16(3,4)5)8-9-14(19)20/h1,13H,7-12H2,2-5H3,(H,17,21)(H,19,20). The summed E-state index contributed by atoms with van der Waals surface area (Å²) in [6.07, 6.45) is 6.76. The Balaban J connectivity index is 4.33. The number of nitrogens with one attached hydrogen (secondary N) is 1. The highest BCUT2D eigenvalue weighted by Crippen LogP contribution is 2.32. The van der Waals surface area contributed by atoms with Crippen LogP contribution in [-0.4, -0.2) is 41.6 Å². The molecule has 21 heavy (non-hydrogen) atoms. The van der Waals surface area contributed by atoms with Crippen molar-refractivity contribution < 1.29 is 14.7 Å². The minimum absolute atomic E-state index is 0.0173. The summed E-state index contributed by atoms with van der Waals surface area (Å²) >= 11 is 0. The lowest BCUT2D eigenvalue weighted by Crippen LogP contribution is -2.41. The summed E-state index contributed by atoms with van der Waals surface area (Å²) in [6, 6.07) is -0.165. The molecule has 0 fully saturated rings. The molecule has 120 valence electrons. The van der Waals surface area contributed by atoms with Gasteiger partial charge in [0.15, 0.2) is 0 Å². The highest BCUT2D eigenvalue weighted by molar-refractivity contribution is 5.74. The lowest BCUT2D eigenvalue weighted by atomic mass is 9.76. The number of amides is 2. The predicted molar refractivity (Wildman–Crippen MR) is 83.9 cm³/mol. The molecule has 0 aromatic heterocycles. The average molecular weight is 296 g/mol. The molecule has 0 heterocycles. The van der Waals surface area contributed by atoms with E-state index in [4.69, 9.17) is 11.5 Å². The zero-order valence-electron chi connectivity index (χ0n) is 13.6. The lowest BCUT2D eigenvalue weighted by Gasteiger charge is -2.31. The van der Waals surface area contributed by atoms with E-state index in [0.717, 1.165) is 6.42 Å². The second-order valence-corrected chi connectivity index (χ2v) is 6.23. The number of aliphatic carboxylic acids is 1. The van der Waals surface area contributed by atoms with E-state index < -0.39 is 5.97 Å². The molecule has 1 atom stereocenters. The van der Waals surface area contributed by atoms with E-state index in [1.165, 1.54) is 0 Å². The van der Waals surface area contributed by atoms with Crippen LogP contribution in [0.4, 0.5) is 4.79 Å². The van der Waals surface area contributed by atoms with Crippen molar-refractivity contribution in [2.45, 2.75) is 47.0 Å². The van der Waals surface area contributed by atoms with Crippen LogP contribution in [0.3, 0.4) is 0 Å². The number of carboxylic acid groups (broad SMARTS) is 1. The van der Waals surface area contributed by atoms with Crippen molar-refractivity contribution in [3.8, 4) is 12.3 Å². The monoisotopic (exact) mass is 296 g/mol. The average Bonchev–Trinajstić information content (AvgIpc) is 2.37. The summed E-state index contributed by atoms with van der Waals surface area (Å²) in [5.74, 6) is 1.92. The van der Waals surface area contributed by atoms with Crippen molar-refractivity contribution in [2.75, 3.05) is 19.6 Å². The number of nitrogens with zero attached hydrogens (tertiary/aromatic N) is 1. The van der Waals surface area contributed by atoms with Crippen LogP contribution < -0.4 is 5.32 Å². The van der Waals surface area contributed by atoms with Gasteiger partial charge in [-0.2, -0.15) is 0 Å². The Morgan fingerprint density at radius 3 is 2.38 bits per heavy atom. The second kappa shape index (κ2) is 9.28. The molecule has 0 aromatic rings. The quantitative estimate of drug-likeness (QED) is 0.676. The first kappa shape index (κ1) is 19.3. The first-order valence-electron chi connectivity index (χ1n) is 7.40. The summed E-state index contributed by atoms with van der Waals surface area (Å²) in [6.45, 7) is 9.55. The van der Waals surface area contributed by atoms with Crippen molar-refractivity contribution in [3.05, 3.63) is 0 Å². The smallest absolute Gasteiger partial charge is 0.318 e. The minimum Gasteiger partial charge on any atom is -0.481 e. The Kier molecular flexibility index (Phi) is 8.52. The van der Waals surface area contributed by atoms with Crippen molar-refractivity contribution in [2.24, 2.45) is 11.3 Å². The molecular formula is C16H28N2O3. The minimum atomic E-state index is -0.778. The Morgan fingerprint density at radius 2 is 1.95 bits per heavy atom. The van der Waals surface area contributed by atoms with Gasteiger partial charge < -0.3 is 15.3 Å². The van der Waals surface area contributed by atoms with Crippen LogP contribution >= 0.6 is 0 Å². The molecule has 2 amide bonds. The Bertz CT molecular complexity index is 380. The van der Waals surface area contributed by atoms with Crippen molar-refractivity contribution in [3.63, 3.8) is 0 Å². The van der Waals surface area contributed by atoms with Crippen molar-refractivity contribution in [1.29, 1.82) is 0 Å². The van der Waals surface area contributed by atoms with Gasteiger partial charge in [0.05, 0.1) is 6.54 Å². The highest BCUT2D eigenvalue weighted by atomic mass is 16.4. The van der Waals surface area contributed by atoms with E-state index in [0.29, 0.717) is 26.1 Å². The Labute approximate surface area is 128 Å². The van der Waals surface area contributed by atoms with Gasteiger partial charge in [0.1, 0.15) is 0 Å². The number of hydrogen-bond donors (Lipinski definition) is 2. The molecule has 0 radical (unpaired) electrons. The van der Waals surface area contributed by atoms with Gasteiger partial charge in [0.25, 0.3) is 0 Å². The van der Waals surface area contributed by atoms with Crippen LogP contribution in [-0.2, 0) is 4.79 Å². The van der Waals surface area contributed by atoms with Crippen LogP contribution in [0.5, 0.6) is 0 Å². The first-order chi connectivity index (χ1) is 9.72. The molecule has 0 aliphatic carbocycles. The van der Waals surface area contributed by atoms with Gasteiger partial charge >= 0.3 is 12.0 Å². The maximum atomic E-state index is 11.9. The van der Waals surface area contributed by atoms with Gasteiger partial charge in [-0.05, 0) is 31.1 Å². The third-order valence-electron chi connectivity index (χ3n) is 3.65. The molecule has 0 rings (SSSR count). The van der Waals surface area contributed by atoms with Crippen molar-refractivity contribution >= 4 is 12.0 Å². The van der Waals surface area contributed by atoms with E-state index in [2.05, 4.69) is 32.0 Å². The molecule has 2 N–H and O–H groups in total. The fourth-order valence-electron chi connectivity index (χ4n) is 2.21. The van der Waals surface area contributed by atoms with Gasteiger partial charge in [0.2, 0.25) is 0 Å². The summed E-state index contributed by atoms with van der Waals surface area (Å²) in [5.41, 5.74) is 0.0173. The highest BCUT2D eigenvalue weighted by Gasteiger charge is 2.25. The summed E-state index contributed by atoms with van der Waals surface area (Å²) < 4.78 is 0. The molecule has 0 saturated heterocycles. The molecule has 1 unspecified atom stereocenters. The van der Waals surface area contributed by atoms with E-state index >= 15 is 0 Å². The molecule has 0 saturated carbocycles. The van der Waals surface area contributed by atoms with Gasteiger partial charge in [0, 0.05) is 19.5 Å². The number of carboxylic acids is 1. The maximum absolute atomic E-state index is 11.9. The normalized spacial score (nSPS) is 12.3. The second-order valence-electron chi connectivity index (χ2n) is 6.23. The van der Waals surface area contributed by atoms with Gasteiger partial charge in [-0.25, -0.2) is 4.79 Å². The summed E-state index contributed by atoms with van der Waals surface area (Å²) in [4.78, 5) is 24.2. The molecular weight excluding hydrogens is 268 g/mol. The number of urea groups is 1. The molecule has 0 bridgehead atoms. The fraction of sp³-hybridized carbons (Fsp3) is 0.750. The third-order valence-corrected chi connectivity index (χ3v) is 3.65. The van der Waals surface area contributed by atoms with Crippen molar-refractivity contribution in [1.82, 2.24) is 10.2 Å². The van der Waals surface area contributed by atoms with Crippen LogP contribution in [0.2, 0.25) is 0 Å². The molecule has 0 aliphatic rings. The van der Waals surface area contributed by atoms with Crippen LogP contribution in [0.15, 0.2) is 0 Å². The van der Waals surface area contributed by atoms with E-state index in [9.17, 15) is 9.59 Å². The topological polar surface area (TPSA) is 69.6 Å². The number of rotatable bonds is 8. The third kappa shape index (κ3) is 8.23. The molecule has 5 nitrogen and oxygen atoms in total. The lowest BCUT2D eigenvalue weighted by molar-refractivity contribution is -0.137. The zero-order chi connectivity index (χ0) is 16.5. The van der Waals surface area contributed by atoms with E-state index in [1.54, 1.807) is 4.90 Å². The van der Waals surface area contributed by atoms with Crippen LogP contribution in [0.25, 0.3) is 0 Å². The Morgan fingerprint density at radius 1 is 1.33 bits per heavy atom. The van der Waals surface area contributed by atoms with Gasteiger partial charge in [-0.15, -0.1) is 6.42 Å². The molecule has 0 aliphatic heterocycles. The van der Waals surface area contributed by atoms with Gasteiger partial charge in [-0.3, -0.25) is 4.79 Å². The Hall–Kier alpha value is -1.70. The van der Waals surface area contributed by atoms with E-state index in [-0.39, 0.29) is 23.8 Å². The first-order valence-corrected chi connectivity index (χ1v) is 7.40. The van der Waals surface area contributed by atoms with Crippen LogP contribution in [0, 0.1) is 23.7 Å².